The molecule has 8 heteroatoms. The topological polar surface area (TPSA) is 93.0 Å². The van der Waals surface area contributed by atoms with Crippen molar-refractivity contribution in [2.75, 3.05) is 31.1 Å². The maximum atomic E-state index is 13.2. The fourth-order valence-electron chi connectivity index (χ4n) is 5.19. The second-order valence-electron chi connectivity index (χ2n) is 9.11. The third kappa shape index (κ3) is 4.15. The van der Waals surface area contributed by atoms with Crippen molar-refractivity contribution in [2.45, 2.75) is 52.0 Å². The van der Waals surface area contributed by atoms with E-state index in [2.05, 4.69) is 26.3 Å². The average molecular weight is 447 g/mol. The summed E-state index contributed by atoms with van der Waals surface area (Å²) in [5.74, 6) is 0.427. The Morgan fingerprint density at radius 3 is 2.55 bits per heavy atom. The van der Waals surface area contributed by atoms with Crippen molar-refractivity contribution >= 4 is 22.5 Å². The second kappa shape index (κ2) is 9.02. The average Bonchev–Trinajstić information content (AvgIpc) is 3.35. The fraction of sp³-hybridized carbons (Fsp3) is 0.480. The van der Waals surface area contributed by atoms with E-state index in [-0.39, 0.29) is 22.9 Å². The van der Waals surface area contributed by atoms with E-state index in [0.717, 1.165) is 68.8 Å². The smallest absolute Gasteiger partial charge is 0.262 e. The van der Waals surface area contributed by atoms with Crippen LogP contribution in [0.4, 0.5) is 5.69 Å². The number of rotatable bonds is 5. The lowest BCUT2D eigenvalue weighted by molar-refractivity contribution is 0.101. The summed E-state index contributed by atoms with van der Waals surface area (Å²) in [5.41, 5.74) is 4.11. The molecule has 172 valence electrons. The number of anilines is 1. The van der Waals surface area contributed by atoms with Gasteiger partial charge in [-0.25, -0.2) is 9.97 Å². The minimum absolute atomic E-state index is 0.104. The van der Waals surface area contributed by atoms with Crippen LogP contribution in [0.25, 0.3) is 11.0 Å². The first-order valence-corrected chi connectivity index (χ1v) is 11.8. The first-order valence-electron chi connectivity index (χ1n) is 11.8. The summed E-state index contributed by atoms with van der Waals surface area (Å²) in [7, 11) is 0. The quantitative estimate of drug-likeness (QED) is 0.603. The number of pyridine rings is 2. The highest BCUT2D eigenvalue weighted by atomic mass is 16.1. The SMILES string of the molecule is CC(=O)c1c(C)c2nc(Cc3ccc(N4CCNCC4)cn3)ncc2n(C2CCCC2)c1=O. The van der Waals surface area contributed by atoms with E-state index >= 15 is 0 Å². The van der Waals surface area contributed by atoms with Gasteiger partial charge in [0.25, 0.3) is 5.56 Å². The number of fused-ring (bicyclic) bond motifs is 1. The van der Waals surface area contributed by atoms with E-state index in [1.807, 2.05) is 19.2 Å². The fourth-order valence-corrected chi connectivity index (χ4v) is 5.19. The van der Waals surface area contributed by atoms with Crippen LogP contribution in [0.2, 0.25) is 0 Å². The van der Waals surface area contributed by atoms with Crippen LogP contribution in [0, 0.1) is 6.92 Å². The Kier molecular flexibility index (Phi) is 5.93. The third-order valence-electron chi connectivity index (χ3n) is 6.91. The molecule has 1 saturated heterocycles. The van der Waals surface area contributed by atoms with Gasteiger partial charge in [0.1, 0.15) is 5.82 Å². The van der Waals surface area contributed by atoms with Crippen LogP contribution >= 0.6 is 0 Å². The largest absolute Gasteiger partial charge is 0.368 e. The molecule has 1 aliphatic carbocycles. The molecular formula is C25H30N6O2. The van der Waals surface area contributed by atoms with Gasteiger partial charge < -0.3 is 14.8 Å². The van der Waals surface area contributed by atoms with Gasteiger partial charge in [-0.15, -0.1) is 0 Å². The number of carbonyl (C=O) groups is 1. The molecule has 0 amide bonds. The Hall–Kier alpha value is -3.13. The van der Waals surface area contributed by atoms with Gasteiger partial charge in [-0.3, -0.25) is 14.6 Å². The van der Waals surface area contributed by atoms with Crippen molar-refractivity contribution in [1.29, 1.82) is 0 Å². The zero-order valence-corrected chi connectivity index (χ0v) is 19.3. The summed E-state index contributed by atoms with van der Waals surface area (Å²) in [6.45, 7) is 7.21. The van der Waals surface area contributed by atoms with Gasteiger partial charge in [-0.05, 0) is 44.4 Å². The summed E-state index contributed by atoms with van der Waals surface area (Å²) in [5, 5.41) is 3.36. The number of Topliss-reactive ketones (excluding diaryl/α,β-unsaturated/α-hetero) is 1. The van der Waals surface area contributed by atoms with Crippen molar-refractivity contribution in [3.63, 3.8) is 0 Å². The monoisotopic (exact) mass is 446 g/mol. The van der Waals surface area contributed by atoms with Gasteiger partial charge >= 0.3 is 0 Å². The first kappa shape index (κ1) is 21.7. The number of hydrogen-bond acceptors (Lipinski definition) is 7. The number of hydrogen-bond donors (Lipinski definition) is 1. The van der Waals surface area contributed by atoms with Gasteiger partial charge in [-0.1, -0.05) is 12.8 Å². The van der Waals surface area contributed by atoms with Gasteiger partial charge in [0.05, 0.1) is 41.1 Å². The van der Waals surface area contributed by atoms with E-state index in [1.165, 1.54) is 6.92 Å². The van der Waals surface area contributed by atoms with Crippen molar-refractivity contribution < 1.29 is 4.79 Å². The number of piperazine rings is 1. The lowest BCUT2D eigenvalue weighted by Gasteiger charge is -2.29. The first-order chi connectivity index (χ1) is 16.0. The number of aromatic nitrogens is 4. The van der Waals surface area contributed by atoms with Crippen LogP contribution in [0.1, 0.15) is 66.1 Å². The third-order valence-corrected chi connectivity index (χ3v) is 6.91. The summed E-state index contributed by atoms with van der Waals surface area (Å²) in [6, 6.07) is 4.23. The molecule has 8 nitrogen and oxygen atoms in total. The maximum absolute atomic E-state index is 13.2. The highest BCUT2D eigenvalue weighted by Gasteiger charge is 2.25. The molecule has 2 fully saturated rings. The molecule has 0 spiro atoms. The Morgan fingerprint density at radius 2 is 1.88 bits per heavy atom. The molecule has 0 atom stereocenters. The number of carbonyl (C=O) groups excluding carboxylic acids is 1. The molecule has 2 aliphatic rings. The number of aryl methyl sites for hydroxylation is 1. The highest BCUT2D eigenvalue weighted by molar-refractivity contribution is 5.99. The Labute approximate surface area is 193 Å². The molecule has 3 aromatic heterocycles. The van der Waals surface area contributed by atoms with Gasteiger partial charge in [0.2, 0.25) is 0 Å². The van der Waals surface area contributed by atoms with E-state index in [9.17, 15) is 9.59 Å². The number of ketones is 1. The molecule has 3 aromatic rings. The summed E-state index contributed by atoms with van der Waals surface area (Å²) >= 11 is 0. The van der Waals surface area contributed by atoms with Crippen molar-refractivity contribution in [3.05, 3.63) is 57.5 Å². The normalized spacial score (nSPS) is 17.1. The number of nitrogens with zero attached hydrogens (tertiary/aromatic N) is 5. The van der Waals surface area contributed by atoms with E-state index in [0.29, 0.717) is 23.3 Å². The molecule has 0 radical (unpaired) electrons. The van der Waals surface area contributed by atoms with E-state index in [1.54, 1.807) is 10.8 Å². The zero-order chi connectivity index (χ0) is 22.9. The van der Waals surface area contributed by atoms with Gasteiger partial charge in [0, 0.05) is 37.9 Å². The molecule has 0 unspecified atom stereocenters. The van der Waals surface area contributed by atoms with Crippen LogP contribution in [0.3, 0.4) is 0 Å². The second-order valence-corrected chi connectivity index (χ2v) is 9.11. The lowest BCUT2D eigenvalue weighted by Crippen LogP contribution is -2.43. The molecule has 1 N–H and O–H groups in total. The highest BCUT2D eigenvalue weighted by Crippen LogP contribution is 2.31. The maximum Gasteiger partial charge on any atom is 0.262 e. The standard InChI is InChI=1S/C25H30N6O2/c1-16-23(17(2)32)25(33)31(19-5-3-4-6-19)21-15-28-22(29-24(16)21)13-18-7-8-20(14-27-18)30-11-9-26-10-12-30/h7-8,14-15,19,26H,3-6,9-13H2,1-2H3. The van der Waals surface area contributed by atoms with Crippen molar-refractivity contribution in [2.24, 2.45) is 0 Å². The minimum atomic E-state index is -0.212. The summed E-state index contributed by atoms with van der Waals surface area (Å²) < 4.78 is 1.77. The van der Waals surface area contributed by atoms with Crippen molar-refractivity contribution in [1.82, 2.24) is 24.8 Å². The summed E-state index contributed by atoms with van der Waals surface area (Å²) in [4.78, 5) is 42.0. The Morgan fingerprint density at radius 1 is 1.12 bits per heavy atom. The molecule has 0 aromatic carbocycles. The van der Waals surface area contributed by atoms with E-state index in [4.69, 9.17) is 4.98 Å². The molecule has 1 aliphatic heterocycles. The van der Waals surface area contributed by atoms with Crippen LogP contribution in [-0.2, 0) is 6.42 Å². The van der Waals surface area contributed by atoms with Crippen LogP contribution in [0.15, 0.2) is 29.3 Å². The molecule has 0 bridgehead atoms. The van der Waals surface area contributed by atoms with Crippen LogP contribution < -0.4 is 15.8 Å². The lowest BCUT2D eigenvalue weighted by atomic mass is 10.0. The van der Waals surface area contributed by atoms with Gasteiger partial charge in [-0.2, -0.15) is 0 Å². The van der Waals surface area contributed by atoms with Crippen LogP contribution in [-0.4, -0.2) is 51.5 Å². The summed E-state index contributed by atoms with van der Waals surface area (Å²) in [6.07, 6.45) is 8.24. The molecular weight excluding hydrogens is 416 g/mol. The molecule has 1 saturated carbocycles. The van der Waals surface area contributed by atoms with Crippen molar-refractivity contribution in [3.8, 4) is 0 Å². The van der Waals surface area contributed by atoms with Crippen LogP contribution in [0.5, 0.6) is 0 Å². The number of nitrogens with one attached hydrogen (secondary N) is 1. The van der Waals surface area contributed by atoms with E-state index < -0.39 is 0 Å². The zero-order valence-electron chi connectivity index (χ0n) is 19.3. The van der Waals surface area contributed by atoms with Gasteiger partial charge in [0.15, 0.2) is 5.78 Å². The predicted octanol–water partition coefficient (Wildman–Crippen LogP) is 2.81. The minimum Gasteiger partial charge on any atom is -0.368 e. The molecule has 4 heterocycles. The molecule has 5 rings (SSSR count). The molecule has 33 heavy (non-hydrogen) atoms. The Balaban J connectivity index is 1.50. The predicted molar refractivity (Wildman–Crippen MR) is 128 cm³/mol. The Bertz CT molecular complexity index is 1240.